The van der Waals surface area contributed by atoms with Crippen molar-refractivity contribution in [2.45, 2.75) is 39.0 Å². The molecule has 2 aliphatic rings. The smallest absolute Gasteiger partial charge is 0.191 e. The van der Waals surface area contributed by atoms with E-state index in [1.807, 2.05) is 0 Å². The van der Waals surface area contributed by atoms with Crippen LogP contribution in [0.4, 0.5) is 0 Å². The van der Waals surface area contributed by atoms with Crippen molar-refractivity contribution >= 4 is 5.96 Å². The Morgan fingerprint density at radius 2 is 2.04 bits per heavy atom. The first kappa shape index (κ1) is 20.5. The van der Waals surface area contributed by atoms with Gasteiger partial charge in [0.25, 0.3) is 0 Å². The molecule has 2 rings (SSSR count). The summed E-state index contributed by atoms with van der Waals surface area (Å²) in [5, 5.41) is 6.78. The van der Waals surface area contributed by atoms with E-state index in [1.54, 1.807) is 0 Å². The van der Waals surface area contributed by atoms with Crippen LogP contribution in [0.5, 0.6) is 0 Å². The molecule has 0 aromatic carbocycles. The van der Waals surface area contributed by atoms with Gasteiger partial charge in [-0.05, 0) is 64.5 Å². The minimum absolute atomic E-state index is 0.689. The number of piperidine rings is 1. The van der Waals surface area contributed by atoms with E-state index in [0.29, 0.717) is 11.8 Å². The zero-order chi connectivity index (χ0) is 17.7. The third-order valence-electron chi connectivity index (χ3n) is 5.03. The van der Waals surface area contributed by atoms with Crippen molar-refractivity contribution in [2.75, 3.05) is 66.2 Å². The predicted molar refractivity (Wildman–Crippen MR) is 103 cm³/mol. The van der Waals surface area contributed by atoms with Crippen molar-refractivity contribution < 1.29 is 9.47 Å². The maximum atomic E-state index is 5.82. The molecule has 2 N–H and O–H groups in total. The molecular weight excluding hydrogens is 316 g/mol. The van der Waals surface area contributed by atoms with Crippen molar-refractivity contribution in [3.05, 3.63) is 0 Å². The second-order valence-electron chi connectivity index (χ2n) is 7.40. The Labute approximate surface area is 153 Å². The lowest BCUT2D eigenvalue weighted by Crippen LogP contribution is -2.39. The van der Waals surface area contributed by atoms with Gasteiger partial charge >= 0.3 is 0 Å². The van der Waals surface area contributed by atoms with Crippen LogP contribution in [0, 0.1) is 11.8 Å². The fraction of sp³-hybridized carbons (Fsp3) is 0.947. The largest absolute Gasteiger partial charge is 0.381 e. The first-order chi connectivity index (χ1) is 12.3. The van der Waals surface area contributed by atoms with Gasteiger partial charge in [0.15, 0.2) is 5.96 Å². The Hall–Kier alpha value is -0.850. The average Bonchev–Trinajstić information content (AvgIpc) is 2.63. The van der Waals surface area contributed by atoms with E-state index >= 15 is 0 Å². The molecule has 146 valence electrons. The van der Waals surface area contributed by atoms with Crippen LogP contribution in [0.3, 0.4) is 0 Å². The fourth-order valence-corrected chi connectivity index (χ4v) is 3.53. The molecule has 0 amide bonds. The van der Waals surface area contributed by atoms with Crippen molar-refractivity contribution in [1.29, 1.82) is 0 Å². The molecule has 0 bridgehead atoms. The minimum Gasteiger partial charge on any atom is -0.381 e. The van der Waals surface area contributed by atoms with E-state index in [0.717, 1.165) is 71.3 Å². The van der Waals surface area contributed by atoms with Crippen LogP contribution in [-0.4, -0.2) is 77.1 Å². The first-order valence-corrected chi connectivity index (χ1v) is 10.1. The number of hydrogen-bond donors (Lipinski definition) is 2. The van der Waals surface area contributed by atoms with Crippen LogP contribution < -0.4 is 10.6 Å². The average molecular weight is 355 g/mol. The highest BCUT2D eigenvalue weighted by Gasteiger charge is 2.16. The quantitative estimate of drug-likeness (QED) is 0.375. The Morgan fingerprint density at radius 1 is 1.20 bits per heavy atom. The molecular formula is C19H38N4O2. The molecule has 2 saturated heterocycles. The van der Waals surface area contributed by atoms with Gasteiger partial charge < -0.3 is 25.0 Å². The number of likely N-dealkylation sites (tertiary alicyclic amines) is 1. The van der Waals surface area contributed by atoms with E-state index in [9.17, 15) is 0 Å². The summed E-state index contributed by atoms with van der Waals surface area (Å²) < 4.78 is 11.2. The van der Waals surface area contributed by atoms with E-state index in [1.165, 1.54) is 25.9 Å². The van der Waals surface area contributed by atoms with Crippen LogP contribution in [0.15, 0.2) is 4.99 Å². The van der Waals surface area contributed by atoms with Crippen LogP contribution in [0.1, 0.15) is 39.0 Å². The normalized spacial score (nSPS) is 23.6. The van der Waals surface area contributed by atoms with Gasteiger partial charge in [-0.1, -0.05) is 0 Å². The molecule has 2 fully saturated rings. The number of nitrogens with one attached hydrogen (secondary N) is 2. The first-order valence-electron chi connectivity index (χ1n) is 10.1. The molecule has 6 nitrogen and oxygen atoms in total. The lowest BCUT2D eigenvalue weighted by molar-refractivity contribution is 0.0203. The van der Waals surface area contributed by atoms with Crippen LogP contribution >= 0.6 is 0 Å². The zero-order valence-electron chi connectivity index (χ0n) is 16.3. The van der Waals surface area contributed by atoms with Crippen molar-refractivity contribution in [1.82, 2.24) is 15.5 Å². The fourth-order valence-electron chi connectivity index (χ4n) is 3.53. The van der Waals surface area contributed by atoms with E-state index in [-0.39, 0.29) is 0 Å². The molecule has 0 saturated carbocycles. The van der Waals surface area contributed by atoms with E-state index < -0.39 is 0 Å². The van der Waals surface area contributed by atoms with Gasteiger partial charge in [0.1, 0.15) is 0 Å². The molecule has 25 heavy (non-hydrogen) atoms. The highest BCUT2D eigenvalue weighted by molar-refractivity contribution is 5.79. The van der Waals surface area contributed by atoms with Gasteiger partial charge in [0.2, 0.25) is 0 Å². The second-order valence-corrected chi connectivity index (χ2v) is 7.40. The lowest BCUT2D eigenvalue weighted by Gasteiger charge is -2.28. The molecule has 2 aliphatic heterocycles. The Balaban J connectivity index is 1.56. The second kappa shape index (κ2) is 12.5. The molecule has 6 heteroatoms. The van der Waals surface area contributed by atoms with Gasteiger partial charge in [-0.15, -0.1) is 0 Å². The number of rotatable bonds is 9. The number of ether oxygens (including phenoxy) is 2. The third kappa shape index (κ3) is 8.88. The molecule has 1 unspecified atom stereocenters. The van der Waals surface area contributed by atoms with Crippen molar-refractivity contribution in [2.24, 2.45) is 16.8 Å². The highest BCUT2D eigenvalue weighted by atomic mass is 16.5. The Bertz CT molecular complexity index is 372. The summed E-state index contributed by atoms with van der Waals surface area (Å²) in [4.78, 5) is 7.19. The summed E-state index contributed by atoms with van der Waals surface area (Å²) in [5.41, 5.74) is 0. The van der Waals surface area contributed by atoms with Crippen molar-refractivity contribution in [3.63, 3.8) is 0 Å². The van der Waals surface area contributed by atoms with Gasteiger partial charge in [-0.3, -0.25) is 4.99 Å². The summed E-state index contributed by atoms with van der Waals surface area (Å²) in [6.07, 6.45) is 5.90. The zero-order valence-corrected chi connectivity index (χ0v) is 16.3. The number of guanidine groups is 1. The van der Waals surface area contributed by atoms with Gasteiger partial charge in [0, 0.05) is 52.6 Å². The lowest BCUT2D eigenvalue weighted by atomic mass is 9.99. The molecule has 0 aromatic heterocycles. The summed E-state index contributed by atoms with van der Waals surface area (Å²) in [6.45, 7) is 10.7. The van der Waals surface area contributed by atoms with Gasteiger partial charge in [-0.25, -0.2) is 0 Å². The molecule has 2 heterocycles. The van der Waals surface area contributed by atoms with Crippen LogP contribution in [0.25, 0.3) is 0 Å². The predicted octanol–water partition coefficient (Wildman–Crippen LogP) is 1.72. The summed E-state index contributed by atoms with van der Waals surface area (Å²) in [7, 11) is 2.21. The maximum Gasteiger partial charge on any atom is 0.191 e. The summed E-state index contributed by atoms with van der Waals surface area (Å²) >= 11 is 0. The topological polar surface area (TPSA) is 58.1 Å². The summed E-state index contributed by atoms with van der Waals surface area (Å²) in [5.74, 6) is 2.33. The third-order valence-corrected chi connectivity index (χ3v) is 5.03. The van der Waals surface area contributed by atoms with Crippen LogP contribution in [0.2, 0.25) is 0 Å². The number of aliphatic imine (C=N–C) groups is 1. The molecule has 0 spiro atoms. The van der Waals surface area contributed by atoms with Gasteiger partial charge in [-0.2, -0.15) is 0 Å². The van der Waals surface area contributed by atoms with Crippen LogP contribution in [-0.2, 0) is 9.47 Å². The number of nitrogens with zero attached hydrogens (tertiary/aromatic N) is 2. The Morgan fingerprint density at radius 3 is 2.80 bits per heavy atom. The van der Waals surface area contributed by atoms with Gasteiger partial charge in [0.05, 0.1) is 0 Å². The minimum atomic E-state index is 0.689. The monoisotopic (exact) mass is 354 g/mol. The van der Waals surface area contributed by atoms with E-state index in [4.69, 9.17) is 14.5 Å². The van der Waals surface area contributed by atoms with E-state index in [2.05, 4.69) is 29.5 Å². The maximum absolute atomic E-state index is 5.82. The standard InChI is InChI=1S/C19H38N4O2/c1-3-20-19(22-14-18-6-4-10-23(2)15-18)21-9-5-11-25-16-17-7-12-24-13-8-17/h17-18H,3-16H2,1-2H3,(H2,20,21,22). The number of hydrogen-bond acceptors (Lipinski definition) is 4. The SMILES string of the molecule is CCNC(=NCC1CCCN(C)C1)NCCCOCC1CCOCC1. The Kier molecular flexibility index (Phi) is 10.2. The molecule has 0 aromatic rings. The summed E-state index contributed by atoms with van der Waals surface area (Å²) in [6, 6.07) is 0. The molecule has 1 atom stereocenters. The molecule has 0 aliphatic carbocycles. The van der Waals surface area contributed by atoms with Crippen molar-refractivity contribution in [3.8, 4) is 0 Å². The molecule has 0 radical (unpaired) electrons. The highest BCUT2D eigenvalue weighted by Crippen LogP contribution is 2.15.